The first-order chi connectivity index (χ1) is 12.0. The average molecular weight is 341 g/mol. The summed E-state index contributed by atoms with van der Waals surface area (Å²) in [6.07, 6.45) is 3.36. The molecule has 1 aromatic heterocycles. The molecule has 130 valence electrons. The van der Waals surface area contributed by atoms with Crippen molar-refractivity contribution in [1.82, 2.24) is 9.97 Å². The molecule has 1 aliphatic carbocycles. The maximum absolute atomic E-state index is 12.4. The number of rotatable bonds is 4. The van der Waals surface area contributed by atoms with Crippen LogP contribution in [0, 0.1) is 0 Å². The average Bonchev–Trinajstić information content (AvgIpc) is 2.64. The largest absolute Gasteiger partial charge is 0.445 e. The van der Waals surface area contributed by atoms with Crippen LogP contribution in [0.15, 0.2) is 42.7 Å². The summed E-state index contributed by atoms with van der Waals surface area (Å²) in [4.78, 5) is 32.5. The highest BCUT2D eigenvalue weighted by Crippen LogP contribution is 2.32. The number of aromatic nitrogens is 2. The Bertz CT molecular complexity index is 754. The van der Waals surface area contributed by atoms with Gasteiger partial charge in [-0.05, 0) is 25.7 Å². The zero-order valence-electron chi connectivity index (χ0n) is 13.6. The molecule has 3 N–H and O–H groups in total. The zero-order valence-corrected chi connectivity index (χ0v) is 13.6. The molecule has 0 unspecified atom stereocenters. The molecule has 1 aromatic carbocycles. The fourth-order valence-electron chi connectivity index (χ4n) is 2.87. The minimum Gasteiger partial charge on any atom is -0.445 e. The normalized spacial score (nSPS) is 23.0. The Kier molecular flexibility index (Phi) is 4.76. The Labute approximate surface area is 144 Å². The quantitative estimate of drug-likeness (QED) is 0.814. The molecule has 2 aromatic rings. The second kappa shape index (κ2) is 6.98. The second-order valence-corrected chi connectivity index (χ2v) is 6.14. The van der Waals surface area contributed by atoms with Crippen LogP contribution < -0.4 is 5.73 Å². The molecular weight excluding hydrogens is 322 g/mol. The number of hydrogen-bond donors (Lipinski definition) is 2. The van der Waals surface area contributed by atoms with Gasteiger partial charge in [0.2, 0.25) is 0 Å². The van der Waals surface area contributed by atoms with E-state index in [1.165, 1.54) is 12.4 Å². The standard InChI is InChI=1S/C18H19N3O4/c19-17(24)18(8-6-14(22)7-9-18)25-16(23)13-10-20-15(21-11-13)12-4-2-1-3-5-12/h1-5,10-11,14,22H,6-9H2,(H2,19,24). The van der Waals surface area contributed by atoms with E-state index in [0.717, 1.165) is 5.56 Å². The highest BCUT2D eigenvalue weighted by molar-refractivity contribution is 5.93. The van der Waals surface area contributed by atoms with E-state index in [-0.39, 0.29) is 18.4 Å². The molecule has 0 atom stereocenters. The van der Waals surface area contributed by atoms with Gasteiger partial charge in [0, 0.05) is 18.0 Å². The number of carbonyl (C=O) groups is 2. The lowest BCUT2D eigenvalue weighted by atomic mass is 9.82. The van der Waals surface area contributed by atoms with Crippen LogP contribution in [-0.2, 0) is 9.53 Å². The third-order valence-electron chi connectivity index (χ3n) is 4.42. The van der Waals surface area contributed by atoms with E-state index in [4.69, 9.17) is 10.5 Å². The number of primary amides is 1. The van der Waals surface area contributed by atoms with Gasteiger partial charge in [0.25, 0.3) is 5.91 Å². The van der Waals surface area contributed by atoms with Gasteiger partial charge in [-0.15, -0.1) is 0 Å². The van der Waals surface area contributed by atoms with Crippen LogP contribution in [0.3, 0.4) is 0 Å². The van der Waals surface area contributed by atoms with Crippen LogP contribution in [0.4, 0.5) is 0 Å². The Morgan fingerprint density at radius 3 is 2.28 bits per heavy atom. The van der Waals surface area contributed by atoms with Gasteiger partial charge in [-0.3, -0.25) is 4.79 Å². The highest BCUT2D eigenvalue weighted by atomic mass is 16.6. The van der Waals surface area contributed by atoms with Crippen molar-refractivity contribution in [2.24, 2.45) is 5.73 Å². The van der Waals surface area contributed by atoms with Gasteiger partial charge in [0.05, 0.1) is 11.7 Å². The molecule has 7 nitrogen and oxygen atoms in total. The van der Waals surface area contributed by atoms with E-state index in [1.54, 1.807) is 0 Å². The van der Waals surface area contributed by atoms with Crippen molar-refractivity contribution < 1.29 is 19.4 Å². The number of carbonyl (C=O) groups excluding carboxylic acids is 2. The first-order valence-electron chi connectivity index (χ1n) is 8.09. The SMILES string of the molecule is NC(=O)C1(OC(=O)c2cnc(-c3ccccc3)nc2)CCC(O)CC1. The van der Waals surface area contributed by atoms with Gasteiger partial charge in [-0.25, -0.2) is 14.8 Å². The van der Waals surface area contributed by atoms with Crippen LogP contribution in [0.25, 0.3) is 11.4 Å². The molecule has 0 aliphatic heterocycles. The lowest BCUT2D eigenvalue weighted by molar-refractivity contribution is -0.143. The number of aliphatic hydroxyl groups is 1. The van der Waals surface area contributed by atoms with E-state index in [1.807, 2.05) is 30.3 Å². The molecule has 1 heterocycles. The lowest BCUT2D eigenvalue weighted by Gasteiger charge is -2.35. The van der Waals surface area contributed by atoms with E-state index < -0.39 is 23.6 Å². The number of amides is 1. The maximum atomic E-state index is 12.4. The van der Waals surface area contributed by atoms with Crippen molar-refractivity contribution in [3.05, 3.63) is 48.3 Å². The number of benzene rings is 1. The lowest BCUT2D eigenvalue weighted by Crippen LogP contribution is -2.50. The number of nitrogens with zero attached hydrogens (tertiary/aromatic N) is 2. The first-order valence-corrected chi connectivity index (χ1v) is 8.09. The number of ether oxygens (including phenoxy) is 1. The summed E-state index contributed by atoms with van der Waals surface area (Å²) >= 11 is 0. The number of esters is 1. The fourth-order valence-corrected chi connectivity index (χ4v) is 2.87. The van der Waals surface area contributed by atoms with E-state index in [0.29, 0.717) is 18.7 Å². The van der Waals surface area contributed by atoms with Crippen molar-refractivity contribution in [2.45, 2.75) is 37.4 Å². The summed E-state index contributed by atoms with van der Waals surface area (Å²) in [5, 5.41) is 9.60. The molecule has 7 heteroatoms. The van der Waals surface area contributed by atoms with E-state index in [9.17, 15) is 14.7 Å². The van der Waals surface area contributed by atoms with Gasteiger partial charge in [0.1, 0.15) is 0 Å². The van der Waals surface area contributed by atoms with Gasteiger partial charge in [0.15, 0.2) is 11.4 Å². The molecule has 1 fully saturated rings. The van der Waals surface area contributed by atoms with Crippen LogP contribution in [0.1, 0.15) is 36.0 Å². The van der Waals surface area contributed by atoms with Crippen LogP contribution in [0.5, 0.6) is 0 Å². The van der Waals surface area contributed by atoms with Gasteiger partial charge in [-0.2, -0.15) is 0 Å². The number of nitrogens with two attached hydrogens (primary N) is 1. The van der Waals surface area contributed by atoms with Crippen LogP contribution >= 0.6 is 0 Å². The van der Waals surface area contributed by atoms with Crippen molar-refractivity contribution in [3.63, 3.8) is 0 Å². The molecule has 0 bridgehead atoms. The minimum atomic E-state index is -1.38. The highest BCUT2D eigenvalue weighted by Gasteiger charge is 2.44. The van der Waals surface area contributed by atoms with Crippen molar-refractivity contribution in [3.8, 4) is 11.4 Å². The fraction of sp³-hybridized carbons (Fsp3) is 0.333. The molecule has 0 radical (unpaired) electrons. The Hall–Kier alpha value is -2.80. The van der Waals surface area contributed by atoms with Gasteiger partial charge in [-0.1, -0.05) is 30.3 Å². The maximum Gasteiger partial charge on any atom is 0.342 e. The summed E-state index contributed by atoms with van der Waals surface area (Å²) in [5.41, 5.74) is 5.04. The van der Waals surface area contributed by atoms with E-state index in [2.05, 4.69) is 9.97 Å². The molecule has 3 rings (SSSR count). The third-order valence-corrected chi connectivity index (χ3v) is 4.42. The molecule has 1 amide bonds. The predicted molar refractivity (Wildman–Crippen MR) is 89.3 cm³/mol. The van der Waals surface area contributed by atoms with Crippen molar-refractivity contribution >= 4 is 11.9 Å². The van der Waals surface area contributed by atoms with Gasteiger partial charge < -0.3 is 15.6 Å². The number of aliphatic hydroxyl groups excluding tert-OH is 1. The Morgan fingerprint density at radius 2 is 1.72 bits per heavy atom. The first kappa shape index (κ1) is 17.0. The van der Waals surface area contributed by atoms with Crippen LogP contribution in [-0.4, -0.2) is 38.7 Å². The van der Waals surface area contributed by atoms with Gasteiger partial charge >= 0.3 is 5.97 Å². The summed E-state index contributed by atoms with van der Waals surface area (Å²) in [6, 6.07) is 9.36. The third kappa shape index (κ3) is 3.66. The molecule has 25 heavy (non-hydrogen) atoms. The molecule has 0 spiro atoms. The van der Waals surface area contributed by atoms with E-state index >= 15 is 0 Å². The Balaban J connectivity index is 1.75. The molecule has 1 saturated carbocycles. The topological polar surface area (TPSA) is 115 Å². The summed E-state index contributed by atoms with van der Waals surface area (Å²) < 4.78 is 5.42. The summed E-state index contributed by atoms with van der Waals surface area (Å²) in [7, 11) is 0. The zero-order chi connectivity index (χ0) is 17.9. The summed E-state index contributed by atoms with van der Waals surface area (Å²) in [6.45, 7) is 0. The smallest absolute Gasteiger partial charge is 0.342 e. The second-order valence-electron chi connectivity index (χ2n) is 6.14. The molecule has 1 aliphatic rings. The van der Waals surface area contributed by atoms with Crippen molar-refractivity contribution in [2.75, 3.05) is 0 Å². The van der Waals surface area contributed by atoms with Crippen LogP contribution in [0.2, 0.25) is 0 Å². The Morgan fingerprint density at radius 1 is 1.12 bits per heavy atom. The predicted octanol–water partition coefficient (Wildman–Crippen LogP) is 1.46. The molecular formula is C18H19N3O4. The number of hydrogen-bond acceptors (Lipinski definition) is 6. The monoisotopic (exact) mass is 341 g/mol. The molecule has 0 saturated heterocycles. The summed E-state index contributed by atoms with van der Waals surface area (Å²) in [5.74, 6) is -0.910. The van der Waals surface area contributed by atoms with Crippen molar-refractivity contribution in [1.29, 1.82) is 0 Å². The minimum absolute atomic E-state index is 0.145.